The van der Waals surface area contributed by atoms with Gasteiger partial charge in [-0.1, -0.05) is 12.1 Å². The summed E-state index contributed by atoms with van der Waals surface area (Å²) in [6.45, 7) is 0.989. The van der Waals surface area contributed by atoms with Gasteiger partial charge in [0.2, 0.25) is 0 Å². The molecule has 0 amide bonds. The average molecular weight is 350 g/mol. The number of hydrogen-bond acceptors (Lipinski definition) is 2. The summed E-state index contributed by atoms with van der Waals surface area (Å²) in [6, 6.07) is 3.95. The van der Waals surface area contributed by atoms with Gasteiger partial charge in [0.25, 0.3) is 0 Å². The zero-order chi connectivity index (χ0) is 18.3. The first-order valence-electron chi connectivity index (χ1n) is 6.71. The largest absolute Gasteiger partial charge is 0.433 e. The van der Waals surface area contributed by atoms with E-state index in [1.165, 1.54) is 0 Å². The van der Waals surface area contributed by atoms with Crippen molar-refractivity contribution in [1.82, 2.24) is 9.78 Å². The average Bonchev–Trinajstić information content (AvgIpc) is 2.74. The second kappa shape index (κ2) is 5.95. The summed E-state index contributed by atoms with van der Waals surface area (Å²) >= 11 is 0. The van der Waals surface area contributed by atoms with E-state index in [-0.39, 0.29) is 12.1 Å². The molecule has 0 saturated heterocycles. The van der Waals surface area contributed by atoms with Crippen molar-refractivity contribution in [2.75, 3.05) is 0 Å². The van der Waals surface area contributed by atoms with Gasteiger partial charge in [0.15, 0.2) is 11.5 Å². The van der Waals surface area contributed by atoms with Crippen LogP contribution in [-0.4, -0.2) is 15.6 Å². The zero-order valence-corrected chi connectivity index (χ0v) is 12.6. The Labute approximate surface area is 132 Å². The predicted octanol–water partition coefficient (Wildman–Crippen LogP) is 4.25. The number of carbonyl (C=O) groups is 1. The lowest BCUT2D eigenvalue weighted by Gasteiger charge is -2.09. The highest BCUT2D eigenvalue weighted by Gasteiger charge is 2.40. The number of Topliss-reactive ketones (excluding diaryl/α,β-unsaturated/α-hetero) is 1. The number of benzene rings is 1. The Morgan fingerprint density at radius 3 is 2.00 bits per heavy atom. The molecule has 0 aliphatic rings. The Bertz CT molecular complexity index is 756. The van der Waals surface area contributed by atoms with E-state index in [1.807, 2.05) is 0 Å². The van der Waals surface area contributed by atoms with Gasteiger partial charge < -0.3 is 0 Å². The SMILES string of the molecule is CC(=O)c1c(Cc2ccc(C(F)(F)F)cc2)nn(C)c1C(F)(F)F. The molecule has 3 nitrogen and oxygen atoms in total. The van der Waals surface area contributed by atoms with E-state index in [4.69, 9.17) is 0 Å². The van der Waals surface area contributed by atoms with Gasteiger partial charge >= 0.3 is 12.4 Å². The molecule has 24 heavy (non-hydrogen) atoms. The minimum atomic E-state index is -4.76. The van der Waals surface area contributed by atoms with E-state index in [9.17, 15) is 31.1 Å². The van der Waals surface area contributed by atoms with Crippen LogP contribution in [0.2, 0.25) is 0 Å². The molecule has 1 heterocycles. The zero-order valence-electron chi connectivity index (χ0n) is 12.6. The Morgan fingerprint density at radius 1 is 1.04 bits per heavy atom. The molecule has 0 unspecified atom stereocenters. The Hall–Kier alpha value is -2.32. The molecule has 1 aromatic carbocycles. The van der Waals surface area contributed by atoms with E-state index >= 15 is 0 Å². The number of nitrogens with zero attached hydrogens (tertiary/aromatic N) is 2. The van der Waals surface area contributed by atoms with Gasteiger partial charge in [-0.2, -0.15) is 31.4 Å². The summed E-state index contributed by atoms with van der Waals surface area (Å²) in [7, 11) is 1.06. The number of carbonyl (C=O) groups excluding carboxylic acids is 1. The van der Waals surface area contributed by atoms with Crippen LogP contribution in [-0.2, 0) is 25.8 Å². The molecule has 130 valence electrons. The summed E-state index contributed by atoms with van der Waals surface area (Å²) in [5, 5.41) is 3.72. The molecule has 0 atom stereocenters. The highest BCUT2D eigenvalue weighted by Crippen LogP contribution is 2.34. The molecule has 0 fully saturated rings. The van der Waals surface area contributed by atoms with Crippen LogP contribution in [0.3, 0.4) is 0 Å². The monoisotopic (exact) mass is 350 g/mol. The van der Waals surface area contributed by atoms with Crippen molar-refractivity contribution < 1.29 is 31.1 Å². The van der Waals surface area contributed by atoms with E-state index in [0.717, 1.165) is 38.2 Å². The molecule has 0 saturated carbocycles. The van der Waals surface area contributed by atoms with Crippen LogP contribution in [0.1, 0.15) is 39.8 Å². The summed E-state index contributed by atoms with van der Waals surface area (Å²) in [6.07, 6.45) is -9.45. The molecule has 0 bridgehead atoms. The molecule has 9 heteroatoms. The fourth-order valence-corrected chi connectivity index (χ4v) is 2.40. The molecule has 0 spiro atoms. The Balaban J connectivity index is 2.42. The highest BCUT2D eigenvalue weighted by molar-refractivity contribution is 5.96. The van der Waals surface area contributed by atoms with Crippen LogP contribution in [0.5, 0.6) is 0 Å². The first-order chi connectivity index (χ1) is 10.9. The molecular weight excluding hydrogens is 338 g/mol. The quantitative estimate of drug-likeness (QED) is 0.613. The Kier molecular flexibility index (Phi) is 4.47. The van der Waals surface area contributed by atoms with E-state index in [1.54, 1.807) is 0 Å². The lowest BCUT2D eigenvalue weighted by molar-refractivity contribution is -0.144. The van der Waals surface area contributed by atoms with Crippen LogP contribution in [0.25, 0.3) is 0 Å². The molecule has 2 rings (SSSR count). The second-order valence-corrected chi connectivity index (χ2v) is 5.22. The first-order valence-corrected chi connectivity index (χ1v) is 6.71. The molecule has 1 aromatic heterocycles. The summed E-state index contributed by atoms with van der Waals surface area (Å²) in [5.74, 6) is -0.808. The van der Waals surface area contributed by atoms with Crippen molar-refractivity contribution in [3.8, 4) is 0 Å². The van der Waals surface area contributed by atoms with Crippen molar-refractivity contribution in [3.63, 3.8) is 0 Å². The first kappa shape index (κ1) is 18.0. The van der Waals surface area contributed by atoms with Crippen LogP contribution in [0.15, 0.2) is 24.3 Å². The minimum Gasteiger partial charge on any atom is -0.294 e. The molecule has 0 aliphatic carbocycles. The van der Waals surface area contributed by atoms with E-state index in [2.05, 4.69) is 5.10 Å². The van der Waals surface area contributed by atoms with Gasteiger partial charge in [0.05, 0.1) is 16.8 Å². The number of aromatic nitrogens is 2. The number of rotatable bonds is 3. The fraction of sp³-hybridized carbons (Fsp3) is 0.333. The maximum atomic E-state index is 13.1. The predicted molar refractivity (Wildman–Crippen MR) is 72.5 cm³/mol. The third-order valence-electron chi connectivity index (χ3n) is 3.39. The summed E-state index contributed by atoms with van der Waals surface area (Å²) in [5.41, 5.74) is -2.41. The van der Waals surface area contributed by atoms with Gasteiger partial charge in [-0.25, -0.2) is 0 Å². The molecule has 0 radical (unpaired) electrons. The number of halogens is 6. The maximum absolute atomic E-state index is 13.1. The lowest BCUT2D eigenvalue weighted by Crippen LogP contribution is -2.15. The van der Waals surface area contributed by atoms with Crippen LogP contribution in [0, 0.1) is 0 Å². The van der Waals surface area contributed by atoms with Gasteiger partial charge in [0.1, 0.15) is 0 Å². The fourth-order valence-electron chi connectivity index (χ4n) is 2.40. The van der Waals surface area contributed by atoms with Gasteiger partial charge in [-0.3, -0.25) is 9.48 Å². The van der Waals surface area contributed by atoms with Gasteiger partial charge in [-0.15, -0.1) is 0 Å². The van der Waals surface area contributed by atoms with Crippen molar-refractivity contribution >= 4 is 5.78 Å². The van der Waals surface area contributed by atoms with Crippen LogP contribution >= 0.6 is 0 Å². The number of ketones is 1. The summed E-state index contributed by atoms with van der Waals surface area (Å²) in [4.78, 5) is 11.6. The Morgan fingerprint density at radius 2 is 1.58 bits per heavy atom. The third kappa shape index (κ3) is 3.60. The minimum absolute atomic E-state index is 0.128. The second-order valence-electron chi connectivity index (χ2n) is 5.22. The van der Waals surface area contributed by atoms with Gasteiger partial charge in [-0.05, 0) is 24.6 Å². The molecule has 2 aromatic rings. The number of aryl methyl sites for hydroxylation is 1. The molecular formula is C15H12F6N2O. The van der Waals surface area contributed by atoms with E-state index in [0.29, 0.717) is 10.2 Å². The third-order valence-corrected chi connectivity index (χ3v) is 3.39. The standard InChI is InChI=1S/C15H12F6N2O/c1-8(24)12-11(22-23(2)13(12)15(19,20)21)7-9-3-5-10(6-4-9)14(16,17)18/h3-6H,7H2,1-2H3. The summed E-state index contributed by atoms with van der Waals surface area (Å²) < 4.78 is 77.3. The van der Waals surface area contributed by atoms with E-state index < -0.39 is 35.0 Å². The number of alkyl halides is 6. The van der Waals surface area contributed by atoms with Crippen molar-refractivity contribution in [2.24, 2.45) is 7.05 Å². The van der Waals surface area contributed by atoms with Crippen molar-refractivity contribution in [3.05, 3.63) is 52.3 Å². The van der Waals surface area contributed by atoms with Crippen LogP contribution in [0.4, 0.5) is 26.3 Å². The van der Waals surface area contributed by atoms with Gasteiger partial charge in [0, 0.05) is 13.5 Å². The topological polar surface area (TPSA) is 34.9 Å². The van der Waals surface area contributed by atoms with Crippen molar-refractivity contribution in [2.45, 2.75) is 25.7 Å². The molecule has 0 N–H and O–H groups in total. The van der Waals surface area contributed by atoms with Crippen molar-refractivity contribution in [1.29, 1.82) is 0 Å². The van der Waals surface area contributed by atoms with Crippen LogP contribution < -0.4 is 0 Å². The number of hydrogen-bond donors (Lipinski definition) is 0. The lowest BCUT2D eigenvalue weighted by atomic mass is 10.0. The smallest absolute Gasteiger partial charge is 0.294 e. The highest BCUT2D eigenvalue weighted by atomic mass is 19.4. The molecule has 0 aliphatic heterocycles. The maximum Gasteiger partial charge on any atom is 0.433 e. The normalized spacial score (nSPS) is 12.5.